The molecule has 10 heavy (non-hydrogen) atoms. The van der Waals surface area contributed by atoms with Gasteiger partial charge < -0.3 is 10.6 Å². The SMILES string of the molecule is CC(N)C1CCCN1C=O. The Balaban J connectivity index is 2.49. The monoisotopic (exact) mass is 142 g/mol. The summed E-state index contributed by atoms with van der Waals surface area (Å²) >= 11 is 0. The molecule has 0 aromatic carbocycles. The fourth-order valence-corrected chi connectivity index (χ4v) is 1.51. The molecule has 0 spiro atoms. The zero-order valence-corrected chi connectivity index (χ0v) is 6.29. The van der Waals surface area contributed by atoms with Crippen molar-refractivity contribution in [2.75, 3.05) is 6.54 Å². The zero-order chi connectivity index (χ0) is 7.56. The van der Waals surface area contributed by atoms with Crippen molar-refractivity contribution in [1.29, 1.82) is 0 Å². The molecule has 1 saturated heterocycles. The minimum absolute atomic E-state index is 0.118. The molecule has 0 aliphatic carbocycles. The van der Waals surface area contributed by atoms with E-state index in [4.69, 9.17) is 5.73 Å². The Morgan fingerprint density at radius 3 is 2.90 bits per heavy atom. The molecule has 1 amide bonds. The topological polar surface area (TPSA) is 46.3 Å². The van der Waals surface area contributed by atoms with Crippen molar-refractivity contribution < 1.29 is 4.79 Å². The first-order valence-electron chi connectivity index (χ1n) is 3.72. The van der Waals surface area contributed by atoms with Gasteiger partial charge in [-0.1, -0.05) is 0 Å². The molecular formula is C7H14N2O. The average molecular weight is 142 g/mol. The minimum atomic E-state index is 0.118. The first kappa shape index (κ1) is 7.54. The van der Waals surface area contributed by atoms with Crippen LogP contribution in [0.3, 0.4) is 0 Å². The van der Waals surface area contributed by atoms with Crippen LogP contribution in [0, 0.1) is 0 Å². The van der Waals surface area contributed by atoms with E-state index in [1.165, 1.54) is 0 Å². The minimum Gasteiger partial charge on any atom is -0.341 e. The molecule has 0 saturated carbocycles. The van der Waals surface area contributed by atoms with Gasteiger partial charge in [0.1, 0.15) is 0 Å². The van der Waals surface area contributed by atoms with Crippen LogP contribution in [0.25, 0.3) is 0 Å². The van der Waals surface area contributed by atoms with Gasteiger partial charge in [-0.25, -0.2) is 0 Å². The second kappa shape index (κ2) is 3.01. The summed E-state index contributed by atoms with van der Waals surface area (Å²) in [6, 6.07) is 0.408. The van der Waals surface area contributed by atoms with Crippen LogP contribution in [-0.2, 0) is 4.79 Å². The van der Waals surface area contributed by atoms with Crippen molar-refractivity contribution in [3.05, 3.63) is 0 Å². The van der Waals surface area contributed by atoms with Crippen LogP contribution in [0.15, 0.2) is 0 Å². The van der Waals surface area contributed by atoms with Crippen LogP contribution in [-0.4, -0.2) is 29.9 Å². The third kappa shape index (κ3) is 1.29. The quantitative estimate of drug-likeness (QED) is 0.550. The van der Waals surface area contributed by atoms with E-state index < -0.39 is 0 Å². The number of likely N-dealkylation sites (tertiary alicyclic amines) is 1. The zero-order valence-electron chi connectivity index (χ0n) is 6.29. The van der Waals surface area contributed by atoms with Gasteiger partial charge in [-0.15, -0.1) is 0 Å². The van der Waals surface area contributed by atoms with Gasteiger partial charge >= 0.3 is 0 Å². The van der Waals surface area contributed by atoms with Crippen molar-refractivity contribution >= 4 is 6.41 Å². The second-order valence-corrected chi connectivity index (χ2v) is 2.91. The smallest absolute Gasteiger partial charge is 0.210 e. The van der Waals surface area contributed by atoms with E-state index >= 15 is 0 Å². The molecule has 0 radical (unpaired) electrons. The van der Waals surface area contributed by atoms with E-state index in [2.05, 4.69) is 0 Å². The highest BCUT2D eigenvalue weighted by Crippen LogP contribution is 2.16. The van der Waals surface area contributed by atoms with Gasteiger partial charge in [-0.05, 0) is 19.8 Å². The largest absolute Gasteiger partial charge is 0.341 e. The first-order valence-corrected chi connectivity index (χ1v) is 3.72. The molecular weight excluding hydrogens is 128 g/mol. The summed E-state index contributed by atoms with van der Waals surface area (Å²) in [6.45, 7) is 2.84. The van der Waals surface area contributed by atoms with E-state index in [9.17, 15) is 4.79 Å². The van der Waals surface area contributed by atoms with E-state index in [1.54, 1.807) is 4.90 Å². The highest BCUT2D eigenvalue weighted by atomic mass is 16.1. The summed E-state index contributed by atoms with van der Waals surface area (Å²) in [5, 5.41) is 0. The normalized spacial score (nSPS) is 28.6. The van der Waals surface area contributed by atoms with Gasteiger partial charge in [0, 0.05) is 18.6 Å². The molecule has 3 nitrogen and oxygen atoms in total. The molecule has 1 rings (SSSR count). The van der Waals surface area contributed by atoms with E-state index in [0.717, 1.165) is 25.8 Å². The van der Waals surface area contributed by atoms with E-state index in [0.29, 0.717) is 0 Å². The Bertz CT molecular complexity index is 125. The molecule has 2 N–H and O–H groups in total. The lowest BCUT2D eigenvalue weighted by molar-refractivity contribution is -0.119. The van der Waals surface area contributed by atoms with Crippen molar-refractivity contribution in [2.24, 2.45) is 5.73 Å². The molecule has 2 atom stereocenters. The number of hydrogen-bond donors (Lipinski definition) is 1. The number of nitrogens with zero attached hydrogens (tertiary/aromatic N) is 1. The average Bonchev–Trinajstić information content (AvgIpc) is 2.33. The van der Waals surface area contributed by atoms with E-state index in [1.807, 2.05) is 6.92 Å². The summed E-state index contributed by atoms with van der Waals surface area (Å²) in [4.78, 5) is 12.2. The van der Waals surface area contributed by atoms with Crippen LogP contribution >= 0.6 is 0 Å². The van der Waals surface area contributed by atoms with Gasteiger partial charge in [0.05, 0.1) is 0 Å². The summed E-state index contributed by atoms with van der Waals surface area (Å²) < 4.78 is 0. The fraction of sp³-hybridized carbons (Fsp3) is 0.857. The van der Waals surface area contributed by atoms with Gasteiger partial charge in [-0.3, -0.25) is 4.79 Å². The Morgan fingerprint density at radius 1 is 1.80 bits per heavy atom. The lowest BCUT2D eigenvalue weighted by atomic mass is 10.1. The van der Waals surface area contributed by atoms with Crippen LogP contribution in [0.1, 0.15) is 19.8 Å². The van der Waals surface area contributed by atoms with Crippen LogP contribution in [0.5, 0.6) is 0 Å². The van der Waals surface area contributed by atoms with Crippen molar-refractivity contribution in [3.8, 4) is 0 Å². The molecule has 1 aliphatic heterocycles. The molecule has 1 aliphatic rings. The van der Waals surface area contributed by atoms with Crippen LogP contribution in [0.2, 0.25) is 0 Å². The molecule has 0 bridgehead atoms. The van der Waals surface area contributed by atoms with Gasteiger partial charge in [0.15, 0.2) is 0 Å². The highest BCUT2D eigenvalue weighted by molar-refractivity contribution is 5.48. The molecule has 2 unspecified atom stereocenters. The maximum Gasteiger partial charge on any atom is 0.210 e. The second-order valence-electron chi connectivity index (χ2n) is 2.91. The highest BCUT2D eigenvalue weighted by Gasteiger charge is 2.25. The fourth-order valence-electron chi connectivity index (χ4n) is 1.51. The van der Waals surface area contributed by atoms with Crippen LogP contribution in [0.4, 0.5) is 0 Å². The lowest BCUT2D eigenvalue weighted by Crippen LogP contribution is -2.41. The number of carbonyl (C=O) groups excluding carboxylic acids is 1. The molecule has 58 valence electrons. The number of nitrogens with two attached hydrogens (primary N) is 1. The lowest BCUT2D eigenvalue weighted by Gasteiger charge is -2.22. The van der Waals surface area contributed by atoms with Gasteiger partial charge in [-0.2, -0.15) is 0 Å². The number of hydrogen-bond acceptors (Lipinski definition) is 2. The summed E-state index contributed by atoms with van der Waals surface area (Å²) in [7, 11) is 0. The van der Waals surface area contributed by atoms with Gasteiger partial charge in [0.25, 0.3) is 0 Å². The molecule has 1 heterocycles. The number of carbonyl (C=O) groups is 1. The maximum atomic E-state index is 10.4. The molecule has 3 heteroatoms. The Labute approximate surface area is 61.2 Å². The van der Waals surface area contributed by atoms with Crippen molar-refractivity contribution in [1.82, 2.24) is 4.90 Å². The molecule has 1 fully saturated rings. The molecule has 0 aromatic heterocycles. The first-order chi connectivity index (χ1) is 4.75. The van der Waals surface area contributed by atoms with E-state index in [-0.39, 0.29) is 12.1 Å². The summed E-state index contributed by atoms with van der Waals surface area (Å²) in [5.74, 6) is 0. The Morgan fingerprint density at radius 2 is 2.50 bits per heavy atom. The van der Waals surface area contributed by atoms with Gasteiger partial charge in [0.2, 0.25) is 6.41 Å². The predicted octanol–water partition coefficient (Wildman–Crippen LogP) is -0.0456. The molecule has 0 aromatic rings. The third-order valence-electron chi connectivity index (χ3n) is 2.08. The van der Waals surface area contributed by atoms with Crippen molar-refractivity contribution in [2.45, 2.75) is 31.8 Å². The number of rotatable bonds is 2. The van der Waals surface area contributed by atoms with Crippen LogP contribution < -0.4 is 5.73 Å². The summed E-state index contributed by atoms with van der Waals surface area (Å²) in [6.07, 6.45) is 3.07. The summed E-state index contributed by atoms with van der Waals surface area (Å²) in [5.41, 5.74) is 5.66. The third-order valence-corrected chi connectivity index (χ3v) is 2.08. The predicted molar refractivity (Wildman–Crippen MR) is 39.4 cm³/mol. The Kier molecular flexibility index (Phi) is 2.27. The maximum absolute atomic E-state index is 10.4. The van der Waals surface area contributed by atoms with Crippen molar-refractivity contribution in [3.63, 3.8) is 0 Å². The Hall–Kier alpha value is -0.570. The number of amides is 1. The standard InChI is InChI=1S/C7H14N2O/c1-6(8)7-3-2-4-9(7)5-10/h5-7H,2-4,8H2,1H3.